The van der Waals surface area contributed by atoms with Crippen molar-refractivity contribution in [2.45, 2.75) is 45.1 Å². The number of hydrogen-bond acceptors (Lipinski definition) is 3. The number of carbonyl (C=O) groups is 1. The molecule has 3 heteroatoms. The lowest BCUT2D eigenvalue weighted by Gasteiger charge is -2.31. The van der Waals surface area contributed by atoms with E-state index in [1.54, 1.807) is 0 Å². The molecule has 2 unspecified atom stereocenters. The van der Waals surface area contributed by atoms with Crippen molar-refractivity contribution in [2.24, 2.45) is 5.92 Å². The minimum absolute atomic E-state index is 0.314. The molecule has 94 valence electrons. The first-order chi connectivity index (χ1) is 7.69. The van der Waals surface area contributed by atoms with Crippen LogP contribution in [0.5, 0.6) is 0 Å². The molecule has 16 heavy (non-hydrogen) atoms. The Kier molecular flexibility index (Phi) is 6.44. The normalized spacial score (nSPS) is 23.8. The summed E-state index contributed by atoms with van der Waals surface area (Å²) in [6, 6.07) is 0.629. The van der Waals surface area contributed by atoms with Crippen LogP contribution in [0.25, 0.3) is 0 Å². The highest BCUT2D eigenvalue weighted by atomic mass is 32.2. The van der Waals surface area contributed by atoms with Gasteiger partial charge in [-0.15, -0.1) is 0 Å². The van der Waals surface area contributed by atoms with Gasteiger partial charge in [-0.2, -0.15) is 11.8 Å². The van der Waals surface area contributed by atoms with Crippen molar-refractivity contribution in [3.8, 4) is 0 Å². The van der Waals surface area contributed by atoms with Crippen LogP contribution in [0.2, 0.25) is 0 Å². The number of ketones is 1. The van der Waals surface area contributed by atoms with E-state index in [4.69, 9.17) is 0 Å². The summed E-state index contributed by atoms with van der Waals surface area (Å²) in [5, 5.41) is 0. The molecule has 0 aliphatic heterocycles. The van der Waals surface area contributed by atoms with E-state index in [0.717, 1.165) is 25.8 Å². The van der Waals surface area contributed by atoms with Gasteiger partial charge in [-0.25, -0.2) is 0 Å². The van der Waals surface area contributed by atoms with E-state index in [0.29, 0.717) is 17.7 Å². The quantitative estimate of drug-likeness (QED) is 0.715. The molecule has 1 aliphatic carbocycles. The Balaban J connectivity index is 2.41. The summed E-state index contributed by atoms with van der Waals surface area (Å²) in [6.45, 7) is 3.21. The number of thioether (sulfide) groups is 1. The van der Waals surface area contributed by atoms with Gasteiger partial charge in [-0.05, 0) is 32.6 Å². The molecule has 0 aromatic rings. The molecule has 1 aliphatic rings. The second kappa shape index (κ2) is 7.33. The Hall–Kier alpha value is -0.0200. The molecule has 0 bridgehead atoms. The first-order valence-corrected chi connectivity index (χ1v) is 7.80. The smallest absolute Gasteiger partial charge is 0.137 e. The van der Waals surface area contributed by atoms with Crippen molar-refractivity contribution in [3.05, 3.63) is 0 Å². The zero-order chi connectivity index (χ0) is 12.0. The molecule has 0 radical (unpaired) electrons. The topological polar surface area (TPSA) is 20.3 Å². The lowest BCUT2D eigenvalue weighted by Crippen LogP contribution is -2.39. The van der Waals surface area contributed by atoms with E-state index in [9.17, 15) is 4.79 Å². The van der Waals surface area contributed by atoms with Gasteiger partial charge in [0.25, 0.3) is 0 Å². The highest BCUT2D eigenvalue weighted by Gasteiger charge is 2.25. The third-order valence-corrected chi connectivity index (χ3v) is 4.36. The van der Waals surface area contributed by atoms with Crippen LogP contribution in [-0.2, 0) is 4.79 Å². The SMILES string of the molecule is CCC(CSC)N(C)CC1CCCCC1=O. The number of hydrogen-bond donors (Lipinski definition) is 0. The Labute approximate surface area is 104 Å². The minimum Gasteiger partial charge on any atom is -0.302 e. The summed E-state index contributed by atoms with van der Waals surface area (Å²) in [4.78, 5) is 14.2. The molecular weight excluding hydrogens is 218 g/mol. The van der Waals surface area contributed by atoms with Crippen LogP contribution in [0.4, 0.5) is 0 Å². The molecule has 0 saturated heterocycles. The highest BCUT2D eigenvalue weighted by molar-refractivity contribution is 7.98. The Morgan fingerprint density at radius 1 is 1.50 bits per heavy atom. The Bertz CT molecular complexity index is 220. The van der Waals surface area contributed by atoms with E-state index in [2.05, 4.69) is 25.1 Å². The summed E-state index contributed by atoms with van der Waals surface area (Å²) < 4.78 is 0. The first-order valence-electron chi connectivity index (χ1n) is 6.41. The Morgan fingerprint density at radius 3 is 2.81 bits per heavy atom. The van der Waals surface area contributed by atoms with Crippen molar-refractivity contribution in [1.82, 2.24) is 4.90 Å². The van der Waals surface area contributed by atoms with Gasteiger partial charge >= 0.3 is 0 Å². The molecule has 0 aromatic carbocycles. The summed E-state index contributed by atoms with van der Waals surface area (Å²) in [7, 11) is 2.17. The molecule has 0 N–H and O–H groups in total. The van der Waals surface area contributed by atoms with E-state index in [1.165, 1.54) is 18.6 Å². The van der Waals surface area contributed by atoms with Crippen LogP contribution >= 0.6 is 11.8 Å². The maximum Gasteiger partial charge on any atom is 0.137 e. The monoisotopic (exact) mass is 243 g/mol. The van der Waals surface area contributed by atoms with Crippen molar-refractivity contribution >= 4 is 17.5 Å². The lowest BCUT2D eigenvalue weighted by molar-refractivity contribution is -0.125. The van der Waals surface area contributed by atoms with Gasteiger partial charge in [-0.1, -0.05) is 13.3 Å². The average Bonchev–Trinajstić information content (AvgIpc) is 2.29. The number of nitrogens with zero attached hydrogens (tertiary/aromatic N) is 1. The second-order valence-electron chi connectivity index (χ2n) is 4.87. The van der Waals surface area contributed by atoms with Crippen molar-refractivity contribution in [3.63, 3.8) is 0 Å². The molecule has 2 nitrogen and oxygen atoms in total. The maximum absolute atomic E-state index is 11.8. The van der Waals surface area contributed by atoms with Gasteiger partial charge in [-0.3, -0.25) is 4.79 Å². The third-order valence-electron chi connectivity index (χ3n) is 3.64. The van der Waals surface area contributed by atoms with Crippen molar-refractivity contribution in [2.75, 3.05) is 25.6 Å². The number of carbonyl (C=O) groups excluding carboxylic acids is 1. The molecule has 0 heterocycles. The van der Waals surface area contributed by atoms with E-state index in [-0.39, 0.29) is 0 Å². The van der Waals surface area contributed by atoms with E-state index >= 15 is 0 Å². The number of Topliss-reactive ketones (excluding diaryl/α,β-unsaturated/α-hetero) is 1. The Morgan fingerprint density at radius 2 is 2.25 bits per heavy atom. The second-order valence-corrected chi connectivity index (χ2v) is 5.78. The largest absolute Gasteiger partial charge is 0.302 e. The predicted octanol–water partition coefficient (Wildman–Crippen LogP) is 2.82. The molecule has 1 rings (SSSR count). The fourth-order valence-electron chi connectivity index (χ4n) is 2.49. The van der Waals surface area contributed by atoms with Gasteiger partial charge in [0.15, 0.2) is 0 Å². The van der Waals surface area contributed by atoms with Crippen LogP contribution in [0, 0.1) is 5.92 Å². The summed E-state index contributed by atoms with van der Waals surface area (Å²) in [5.41, 5.74) is 0. The highest BCUT2D eigenvalue weighted by Crippen LogP contribution is 2.22. The molecule has 1 saturated carbocycles. The summed E-state index contributed by atoms with van der Waals surface area (Å²) in [5.74, 6) is 1.99. The summed E-state index contributed by atoms with van der Waals surface area (Å²) in [6.07, 6.45) is 7.61. The summed E-state index contributed by atoms with van der Waals surface area (Å²) >= 11 is 1.90. The van der Waals surface area contributed by atoms with E-state index in [1.807, 2.05) is 11.8 Å². The van der Waals surface area contributed by atoms with Gasteiger partial charge in [0.2, 0.25) is 0 Å². The van der Waals surface area contributed by atoms with E-state index < -0.39 is 0 Å². The van der Waals surface area contributed by atoms with Crippen LogP contribution in [-0.4, -0.2) is 42.3 Å². The van der Waals surface area contributed by atoms with Gasteiger partial charge in [0.05, 0.1) is 0 Å². The number of rotatable bonds is 6. The molecule has 0 amide bonds. The fourth-order valence-corrected chi connectivity index (χ4v) is 3.37. The molecular formula is C13H25NOS. The zero-order valence-corrected chi connectivity index (χ0v) is 11.7. The van der Waals surface area contributed by atoms with Gasteiger partial charge in [0.1, 0.15) is 5.78 Å². The molecule has 0 aromatic heterocycles. The van der Waals surface area contributed by atoms with Gasteiger partial charge < -0.3 is 4.90 Å². The minimum atomic E-state index is 0.314. The van der Waals surface area contributed by atoms with Crippen molar-refractivity contribution < 1.29 is 4.79 Å². The zero-order valence-electron chi connectivity index (χ0n) is 10.9. The van der Waals surface area contributed by atoms with Crippen LogP contribution in [0.15, 0.2) is 0 Å². The van der Waals surface area contributed by atoms with Crippen LogP contribution in [0.3, 0.4) is 0 Å². The fraction of sp³-hybridized carbons (Fsp3) is 0.923. The van der Waals surface area contributed by atoms with Gasteiger partial charge in [0, 0.05) is 30.7 Å². The lowest BCUT2D eigenvalue weighted by atomic mass is 9.87. The standard InChI is InChI=1S/C13H25NOS/c1-4-12(10-16-3)14(2)9-11-7-5-6-8-13(11)15/h11-12H,4-10H2,1-3H3. The first kappa shape index (κ1) is 14.0. The molecule has 1 fully saturated rings. The van der Waals surface area contributed by atoms with Crippen LogP contribution < -0.4 is 0 Å². The van der Waals surface area contributed by atoms with Crippen LogP contribution in [0.1, 0.15) is 39.0 Å². The maximum atomic E-state index is 11.8. The predicted molar refractivity (Wildman–Crippen MR) is 72.1 cm³/mol. The average molecular weight is 243 g/mol. The third kappa shape index (κ3) is 4.10. The molecule has 0 spiro atoms. The molecule has 2 atom stereocenters. The van der Waals surface area contributed by atoms with Crippen molar-refractivity contribution in [1.29, 1.82) is 0 Å².